The summed E-state index contributed by atoms with van der Waals surface area (Å²) in [6.07, 6.45) is 6.70. The van der Waals surface area contributed by atoms with Crippen molar-refractivity contribution in [3.63, 3.8) is 0 Å². The first-order valence-electron chi connectivity index (χ1n) is 7.08. The summed E-state index contributed by atoms with van der Waals surface area (Å²) in [4.78, 5) is 11.1. The third kappa shape index (κ3) is 5.07. The van der Waals surface area contributed by atoms with Gasteiger partial charge >= 0.3 is 5.97 Å². The van der Waals surface area contributed by atoms with E-state index in [2.05, 4.69) is 19.2 Å². The normalized spacial score (nSPS) is 26.7. The zero-order chi connectivity index (χ0) is 12.7. The monoisotopic (exact) mass is 241 g/mol. The average Bonchev–Trinajstić information content (AvgIpc) is 2.30. The number of hydrogen-bond donors (Lipinski definition) is 2. The van der Waals surface area contributed by atoms with Crippen molar-refractivity contribution >= 4 is 5.97 Å². The average molecular weight is 241 g/mol. The molecule has 1 rings (SSSR count). The van der Waals surface area contributed by atoms with E-state index in [1.165, 1.54) is 19.3 Å². The summed E-state index contributed by atoms with van der Waals surface area (Å²) in [6, 6.07) is 0. The predicted octanol–water partition coefficient (Wildman–Crippen LogP) is 2.90. The van der Waals surface area contributed by atoms with Crippen molar-refractivity contribution in [1.82, 2.24) is 5.32 Å². The van der Waals surface area contributed by atoms with E-state index in [0.717, 1.165) is 32.4 Å². The number of carboxylic acids is 1. The van der Waals surface area contributed by atoms with Crippen molar-refractivity contribution in [2.24, 2.45) is 17.8 Å². The van der Waals surface area contributed by atoms with Crippen LogP contribution in [-0.2, 0) is 4.79 Å². The first kappa shape index (κ1) is 14.5. The maximum atomic E-state index is 11.1. The van der Waals surface area contributed by atoms with Crippen LogP contribution in [0, 0.1) is 17.8 Å². The molecular formula is C14H27NO2. The molecule has 3 atom stereocenters. The Balaban J connectivity index is 2.26. The molecule has 1 saturated carbocycles. The Morgan fingerprint density at radius 2 is 2.12 bits per heavy atom. The van der Waals surface area contributed by atoms with Crippen molar-refractivity contribution < 1.29 is 9.90 Å². The Labute approximate surface area is 105 Å². The molecule has 2 N–H and O–H groups in total. The van der Waals surface area contributed by atoms with Gasteiger partial charge in [-0.2, -0.15) is 0 Å². The van der Waals surface area contributed by atoms with Crippen LogP contribution in [0.4, 0.5) is 0 Å². The van der Waals surface area contributed by atoms with Gasteiger partial charge in [0.05, 0.1) is 5.92 Å². The molecular weight excluding hydrogens is 214 g/mol. The smallest absolute Gasteiger partial charge is 0.306 e. The van der Waals surface area contributed by atoms with Crippen LogP contribution < -0.4 is 5.32 Å². The van der Waals surface area contributed by atoms with Gasteiger partial charge < -0.3 is 10.4 Å². The molecule has 17 heavy (non-hydrogen) atoms. The lowest BCUT2D eigenvalue weighted by atomic mass is 9.79. The van der Waals surface area contributed by atoms with Crippen molar-refractivity contribution in [2.45, 2.75) is 52.4 Å². The second-order valence-electron chi connectivity index (χ2n) is 5.54. The van der Waals surface area contributed by atoms with Gasteiger partial charge in [0.25, 0.3) is 0 Å². The Morgan fingerprint density at radius 1 is 1.41 bits per heavy atom. The van der Waals surface area contributed by atoms with Crippen LogP contribution in [0.3, 0.4) is 0 Å². The summed E-state index contributed by atoms with van der Waals surface area (Å²) >= 11 is 0. The largest absolute Gasteiger partial charge is 0.481 e. The fourth-order valence-corrected chi connectivity index (χ4v) is 2.89. The minimum Gasteiger partial charge on any atom is -0.481 e. The molecule has 0 amide bonds. The van der Waals surface area contributed by atoms with Crippen molar-refractivity contribution in [2.75, 3.05) is 13.1 Å². The van der Waals surface area contributed by atoms with Crippen molar-refractivity contribution in [3.8, 4) is 0 Å². The molecule has 0 saturated heterocycles. The summed E-state index contributed by atoms with van der Waals surface area (Å²) in [7, 11) is 0. The standard InChI is InChI=1S/C14H27NO2/c1-3-6-11(2)9-15-10-12-7-4-5-8-13(12)14(16)17/h11-13,15H,3-10H2,1-2H3,(H,16,17). The molecule has 0 spiro atoms. The summed E-state index contributed by atoms with van der Waals surface area (Å²) < 4.78 is 0. The van der Waals surface area contributed by atoms with Gasteiger partial charge in [-0.05, 0) is 44.2 Å². The Morgan fingerprint density at radius 3 is 2.76 bits per heavy atom. The molecule has 1 fully saturated rings. The SMILES string of the molecule is CCCC(C)CNCC1CCCCC1C(=O)O. The van der Waals surface area contributed by atoms with E-state index in [1.807, 2.05) is 0 Å². The van der Waals surface area contributed by atoms with Gasteiger partial charge in [-0.3, -0.25) is 4.79 Å². The van der Waals surface area contributed by atoms with E-state index in [4.69, 9.17) is 0 Å². The molecule has 0 bridgehead atoms. The highest BCUT2D eigenvalue weighted by atomic mass is 16.4. The Kier molecular flexibility index (Phi) is 6.56. The molecule has 0 aliphatic heterocycles. The van der Waals surface area contributed by atoms with Crippen LogP contribution in [-0.4, -0.2) is 24.2 Å². The second-order valence-corrected chi connectivity index (χ2v) is 5.54. The Hall–Kier alpha value is -0.570. The number of nitrogens with one attached hydrogen (secondary N) is 1. The van der Waals surface area contributed by atoms with E-state index in [-0.39, 0.29) is 5.92 Å². The van der Waals surface area contributed by atoms with Crippen molar-refractivity contribution in [3.05, 3.63) is 0 Å². The van der Waals surface area contributed by atoms with Crippen LogP contribution in [0.25, 0.3) is 0 Å². The van der Waals surface area contributed by atoms with Gasteiger partial charge in [0.15, 0.2) is 0 Å². The van der Waals surface area contributed by atoms with Crippen LogP contribution in [0.5, 0.6) is 0 Å². The molecule has 3 unspecified atom stereocenters. The van der Waals surface area contributed by atoms with E-state index >= 15 is 0 Å². The number of carbonyl (C=O) groups is 1. The van der Waals surface area contributed by atoms with Gasteiger partial charge in [0.1, 0.15) is 0 Å². The van der Waals surface area contributed by atoms with E-state index in [0.29, 0.717) is 11.8 Å². The summed E-state index contributed by atoms with van der Waals surface area (Å²) in [6.45, 7) is 6.37. The molecule has 3 heteroatoms. The van der Waals surface area contributed by atoms with Crippen LogP contribution in [0.2, 0.25) is 0 Å². The topological polar surface area (TPSA) is 49.3 Å². The van der Waals surface area contributed by atoms with E-state index in [1.54, 1.807) is 0 Å². The number of rotatable bonds is 7. The first-order chi connectivity index (χ1) is 8.15. The predicted molar refractivity (Wildman–Crippen MR) is 70.0 cm³/mol. The van der Waals surface area contributed by atoms with Crippen LogP contribution in [0.15, 0.2) is 0 Å². The second kappa shape index (κ2) is 7.70. The van der Waals surface area contributed by atoms with Crippen LogP contribution >= 0.6 is 0 Å². The minimum absolute atomic E-state index is 0.113. The van der Waals surface area contributed by atoms with Crippen LogP contribution in [0.1, 0.15) is 52.4 Å². The molecule has 3 nitrogen and oxygen atoms in total. The molecule has 0 heterocycles. The van der Waals surface area contributed by atoms with Gasteiger partial charge in [-0.25, -0.2) is 0 Å². The van der Waals surface area contributed by atoms with Gasteiger partial charge in [-0.1, -0.05) is 33.1 Å². The van der Waals surface area contributed by atoms with Gasteiger partial charge in [0.2, 0.25) is 0 Å². The molecule has 0 aromatic rings. The molecule has 0 radical (unpaired) electrons. The number of carboxylic acid groups (broad SMARTS) is 1. The third-order valence-corrected chi connectivity index (χ3v) is 3.91. The highest BCUT2D eigenvalue weighted by Gasteiger charge is 2.30. The lowest BCUT2D eigenvalue weighted by Gasteiger charge is -2.29. The molecule has 0 aromatic heterocycles. The molecule has 0 aromatic carbocycles. The Bertz CT molecular complexity index is 230. The highest BCUT2D eigenvalue weighted by molar-refractivity contribution is 5.70. The summed E-state index contributed by atoms with van der Waals surface area (Å²) in [5, 5.41) is 12.6. The first-order valence-corrected chi connectivity index (χ1v) is 7.08. The molecule has 1 aliphatic carbocycles. The van der Waals surface area contributed by atoms with Gasteiger partial charge in [-0.15, -0.1) is 0 Å². The van der Waals surface area contributed by atoms with Crippen molar-refractivity contribution in [1.29, 1.82) is 0 Å². The van der Waals surface area contributed by atoms with E-state index in [9.17, 15) is 9.90 Å². The third-order valence-electron chi connectivity index (χ3n) is 3.91. The lowest BCUT2D eigenvalue weighted by molar-refractivity contribution is -0.144. The maximum Gasteiger partial charge on any atom is 0.306 e. The zero-order valence-corrected chi connectivity index (χ0v) is 11.2. The fourth-order valence-electron chi connectivity index (χ4n) is 2.89. The quantitative estimate of drug-likeness (QED) is 0.720. The molecule has 1 aliphatic rings. The maximum absolute atomic E-state index is 11.1. The summed E-state index contributed by atoms with van der Waals surface area (Å²) in [5.74, 6) is 0.331. The molecule has 100 valence electrons. The van der Waals surface area contributed by atoms with Gasteiger partial charge in [0, 0.05) is 0 Å². The number of hydrogen-bond acceptors (Lipinski definition) is 2. The zero-order valence-electron chi connectivity index (χ0n) is 11.2. The fraction of sp³-hybridized carbons (Fsp3) is 0.929. The highest BCUT2D eigenvalue weighted by Crippen LogP contribution is 2.29. The van der Waals surface area contributed by atoms with E-state index < -0.39 is 5.97 Å². The number of aliphatic carboxylic acids is 1. The lowest BCUT2D eigenvalue weighted by Crippen LogP contribution is -2.36. The minimum atomic E-state index is -0.599. The summed E-state index contributed by atoms with van der Waals surface area (Å²) in [5.41, 5.74) is 0.